The van der Waals surface area contributed by atoms with Crippen LogP contribution in [0, 0.1) is 0 Å². The summed E-state index contributed by atoms with van der Waals surface area (Å²) in [5.74, 6) is -0.213. The first-order valence-corrected chi connectivity index (χ1v) is 11.0. The smallest absolute Gasteiger partial charge is 0.447 e. The van der Waals surface area contributed by atoms with Crippen molar-refractivity contribution in [3.8, 4) is 11.5 Å². The average molecular weight is 497 g/mol. The van der Waals surface area contributed by atoms with E-state index in [9.17, 15) is 27.6 Å². The van der Waals surface area contributed by atoms with Crippen molar-refractivity contribution in [2.24, 2.45) is 0 Å². The van der Waals surface area contributed by atoms with Gasteiger partial charge in [-0.3, -0.25) is 19.3 Å². The van der Waals surface area contributed by atoms with E-state index in [0.29, 0.717) is 17.1 Å². The van der Waals surface area contributed by atoms with E-state index >= 15 is 0 Å². The van der Waals surface area contributed by atoms with Gasteiger partial charge in [0.15, 0.2) is 11.5 Å². The fraction of sp³-hybridized carbons (Fsp3) is 0.200. The number of benzene rings is 1. The number of amides is 3. The molecule has 1 saturated heterocycles. The van der Waals surface area contributed by atoms with E-state index in [4.69, 9.17) is 9.47 Å². The monoisotopic (exact) mass is 497 g/mol. The Hall–Kier alpha value is -3.19. The summed E-state index contributed by atoms with van der Waals surface area (Å²) in [7, 11) is 0. The molecule has 1 aromatic heterocycles. The average Bonchev–Trinajstić information content (AvgIpc) is 3.32. The molecule has 3 amide bonds. The van der Waals surface area contributed by atoms with Gasteiger partial charge in [-0.2, -0.15) is 13.2 Å². The third kappa shape index (κ3) is 5.42. The predicted molar refractivity (Wildman–Crippen MR) is 114 cm³/mol. The van der Waals surface area contributed by atoms with E-state index in [1.54, 1.807) is 24.3 Å². The van der Waals surface area contributed by atoms with Crippen LogP contribution in [0.15, 0.2) is 46.5 Å². The maximum Gasteiger partial charge on any atom is 0.447 e. The number of hydrogen-bond acceptors (Lipinski definition) is 8. The van der Waals surface area contributed by atoms with Crippen molar-refractivity contribution in [3.05, 3.63) is 52.6 Å². The summed E-state index contributed by atoms with van der Waals surface area (Å²) in [6.07, 6.45) is 2.69. The minimum Gasteiger partial charge on any atom is -0.454 e. The second-order valence-electron chi connectivity index (χ2n) is 6.61. The Labute approximate surface area is 193 Å². The lowest BCUT2D eigenvalue weighted by atomic mass is 10.2. The molecule has 1 fully saturated rings. The summed E-state index contributed by atoms with van der Waals surface area (Å²) < 4.78 is 48.5. The predicted octanol–water partition coefficient (Wildman–Crippen LogP) is 3.89. The van der Waals surface area contributed by atoms with Gasteiger partial charge in [0.05, 0.1) is 10.5 Å². The Morgan fingerprint density at radius 1 is 1.24 bits per heavy atom. The Morgan fingerprint density at radius 3 is 2.82 bits per heavy atom. The fourth-order valence-electron chi connectivity index (χ4n) is 2.98. The molecule has 2 aliphatic rings. The van der Waals surface area contributed by atoms with Gasteiger partial charge in [-0.05, 0) is 47.7 Å². The lowest BCUT2D eigenvalue weighted by Crippen LogP contribution is -2.37. The van der Waals surface area contributed by atoms with Gasteiger partial charge in [-0.15, -0.1) is 0 Å². The highest BCUT2D eigenvalue weighted by Gasteiger charge is 2.35. The summed E-state index contributed by atoms with van der Waals surface area (Å²) in [5.41, 5.74) is -4.21. The first-order valence-electron chi connectivity index (χ1n) is 9.35. The molecular formula is C20H14F3N3O5S2. The minimum absolute atomic E-state index is 0.108. The van der Waals surface area contributed by atoms with E-state index < -0.39 is 39.3 Å². The van der Waals surface area contributed by atoms with Gasteiger partial charge in [-0.1, -0.05) is 6.07 Å². The molecule has 13 heteroatoms. The third-order valence-corrected chi connectivity index (χ3v) is 6.07. The molecule has 1 aromatic carbocycles. The number of carbonyl (C=O) groups is 3. The fourth-order valence-corrected chi connectivity index (χ4v) is 4.45. The van der Waals surface area contributed by atoms with E-state index in [0.717, 1.165) is 22.9 Å². The summed E-state index contributed by atoms with van der Waals surface area (Å²) in [6.45, 7) is -0.174. The van der Waals surface area contributed by atoms with Crippen molar-refractivity contribution >= 4 is 46.7 Å². The number of ether oxygens (including phenoxy) is 2. The maximum absolute atomic E-state index is 12.7. The van der Waals surface area contributed by atoms with E-state index in [2.05, 4.69) is 10.3 Å². The highest BCUT2D eigenvalue weighted by molar-refractivity contribution is 8.18. The maximum atomic E-state index is 12.7. The van der Waals surface area contributed by atoms with Crippen LogP contribution in [0.4, 0.5) is 18.0 Å². The molecule has 33 heavy (non-hydrogen) atoms. The molecule has 4 rings (SSSR count). The van der Waals surface area contributed by atoms with Crippen LogP contribution in [0.5, 0.6) is 11.5 Å². The molecule has 0 atom stereocenters. The standard InChI is InChI=1S/C20H14F3N3O5S2/c21-20(22,23)33-17-12(2-1-5-25-17)16(27)24-6-7-26-18(28)15(32-19(26)29)9-11-3-4-13-14(8-11)31-10-30-13/h1-5,8-9H,6-7,10H2,(H,24,27)/b15-9+. The SMILES string of the molecule is O=C(NCCN1C(=O)S/C(=C/c2ccc3c(c2)OCO3)C1=O)c1cccnc1SC(F)(F)F. The number of pyridine rings is 1. The van der Waals surface area contributed by atoms with E-state index in [-0.39, 0.29) is 30.4 Å². The molecule has 8 nitrogen and oxygen atoms in total. The highest BCUT2D eigenvalue weighted by atomic mass is 32.2. The van der Waals surface area contributed by atoms with Crippen LogP contribution in [0.1, 0.15) is 15.9 Å². The van der Waals surface area contributed by atoms with Gasteiger partial charge >= 0.3 is 5.51 Å². The molecule has 172 valence electrons. The highest BCUT2D eigenvalue weighted by Crippen LogP contribution is 2.38. The molecule has 3 heterocycles. The molecule has 2 aromatic rings. The molecule has 0 saturated carbocycles. The molecule has 0 unspecified atom stereocenters. The molecule has 2 aliphatic heterocycles. The van der Waals surface area contributed by atoms with Gasteiger partial charge in [0.2, 0.25) is 6.79 Å². The van der Waals surface area contributed by atoms with E-state index in [1.165, 1.54) is 12.1 Å². The van der Waals surface area contributed by atoms with Gasteiger partial charge in [0.1, 0.15) is 5.03 Å². The number of hydrogen-bond donors (Lipinski definition) is 1. The topological polar surface area (TPSA) is 97.8 Å². The number of halogens is 3. The van der Waals surface area contributed by atoms with Gasteiger partial charge in [-0.25, -0.2) is 4.98 Å². The van der Waals surface area contributed by atoms with Crippen molar-refractivity contribution < 1.29 is 37.0 Å². The Bertz CT molecular complexity index is 1160. The first-order chi connectivity index (χ1) is 15.7. The van der Waals surface area contributed by atoms with Crippen LogP contribution in [-0.2, 0) is 4.79 Å². The first kappa shape index (κ1) is 23.0. The quantitative estimate of drug-likeness (QED) is 0.474. The number of thioether (sulfide) groups is 2. The van der Waals surface area contributed by atoms with Crippen LogP contribution in [-0.4, -0.2) is 52.3 Å². The summed E-state index contributed by atoms with van der Waals surface area (Å²) in [6, 6.07) is 7.64. The number of aromatic nitrogens is 1. The number of rotatable bonds is 6. The second kappa shape index (κ2) is 9.35. The molecular weight excluding hydrogens is 483 g/mol. The van der Waals surface area contributed by atoms with E-state index in [1.807, 2.05) is 0 Å². The van der Waals surface area contributed by atoms with Crippen molar-refractivity contribution in [3.63, 3.8) is 0 Å². The Morgan fingerprint density at radius 2 is 2.03 bits per heavy atom. The lowest BCUT2D eigenvalue weighted by Gasteiger charge is -2.14. The van der Waals surface area contributed by atoms with Crippen LogP contribution >= 0.6 is 23.5 Å². The van der Waals surface area contributed by atoms with Crippen LogP contribution in [0.3, 0.4) is 0 Å². The lowest BCUT2D eigenvalue weighted by molar-refractivity contribution is -0.122. The molecule has 1 N–H and O–H groups in total. The normalized spacial score (nSPS) is 16.6. The summed E-state index contributed by atoms with van der Waals surface area (Å²) in [5, 5.41) is 1.42. The van der Waals surface area contributed by atoms with Gasteiger partial charge in [0.25, 0.3) is 17.1 Å². The second-order valence-corrected chi connectivity index (χ2v) is 8.65. The van der Waals surface area contributed by atoms with Crippen LogP contribution in [0.2, 0.25) is 0 Å². The van der Waals surface area contributed by atoms with Crippen molar-refractivity contribution in [2.45, 2.75) is 10.5 Å². The van der Waals surface area contributed by atoms with Crippen LogP contribution < -0.4 is 14.8 Å². The van der Waals surface area contributed by atoms with Gasteiger partial charge in [0, 0.05) is 31.0 Å². The zero-order valence-corrected chi connectivity index (χ0v) is 18.2. The molecule has 0 aliphatic carbocycles. The van der Waals surface area contributed by atoms with Gasteiger partial charge < -0.3 is 14.8 Å². The van der Waals surface area contributed by atoms with Crippen molar-refractivity contribution in [1.82, 2.24) is 15.2 Å². The zero-order valence-electron chi connectivity index (χ0n) is 16.5. The largest absolute Gasteiger partial charge is 0.454 e. The van der Waals surface area contributed by atoms with Crippen molar-refractivity contribution in [2.75, 3.05) is 19.9 Å². The summed E-state index contributed by atoms with van der Waals surface area (Å²) >= 11 is 0.255. The number of alkyl halides is 3. The zero-order chi connectivity index (χ0) is 23.6. The third-order valence-electron chi connectivity index (χ3n) is 4.42. The number of nitrogens with zero attached hydrogens (tertiary/aromatic N) is 2. The van der Waals surface area contributed by atoms with Crippen LogP contribution in [0.25, 0.3) is 6.08 Å². The number of carbonyl (C=O) groups excluding carboxylic acids is 3. The number of fused-ring (bicyclic) bond motifs is 1. The Balaban J connectivity index is 1.37. The number of nitrogens with one attached hydrogen (secondary N) is 1. The Kier molecular flexibility index (Phi) is 6.51. The molecule has 0 radical (unpaired) electrons. The van der Waals surface area contributed by atoms with Crippen molar-refractivity contribution in [1.29, 1.82) is 0 Å². The minimum atomic E-state index is -4.60. The summed E-state index contributed by atoms with van der Waals surface area (Å²) in [4.78, 5) is 42.0. The number of imide groups is 1. The molecule has 0 bridgehead atoms. The molecule has 0 spiro atoms.